The van der Waals surface area contributed by atoms with Gasteiger partial charge in [-0.25, -0.2) is 0 Å². The molecule has 122 valence electrons. The number of aliphatic hydroxyl groups excluding tert-OH is 1. The quantitative estimate of drug-likeness (QED) is 0.500. The number of rotatable bonds is 2. The van der Waals surface area contributed by atoms with E-state index >= 15 is 0 Å². The average molecular weight is 320 g/mol. The summed E-state index contributed by atoms with van der Waals surface area (Å²) in [4.78, 5) is 12.8. The van der Waals surface area contributed by atoms with E-state index in [-0.39, 0.29) is 22.7 Å². The van der Waals surface area contributed by atoms with E-state index in [0.717, 1.165) is 5.56 Å². The van der Waals surface area contributed by atoms with E-state index in [1.54, 1.807) is 18.2 Å². The fourth-order valence-electron chi connectivity index (χ4n) is 2.56. The SMILES string of the molecule is CC(C)(C)N/N=C1\C(=C(/O)c2ccccc2)C(=O)c2ccccc21. The van der Waals surface area contributed by atoms with E-state index in [0.29, 0.717) is 16.8 Å². The predicted molar refractivity (Wildman–Crippen MR) is 96.2 cm³/mol. The molecule has 0 aliphatic heterocycles. The van der Waals surface area contributed by atoms with Gasteiger partial charge in [0.2, 0.25) is 0 Å². The van der Waals surface area contributed by atoms with Crippen molar-refractivity contribution in [3.05, 3.63) is 76.9 Å². The van der Waals surface area contributed by atoms with Crippen molar-refractivity contribution in [3.63, 3.8) is 0 Å². The molecule has 4 heteroatoms. The van der Waals surface area contributed by atoms with Crippen LogP contribution in [0.3, 0.4) is 0 Å². The van der Waals surface area contributed by atoms with Crippen molar-refractivity contribution in [2.45, 2.75) is 26.3 Å². The minimum atomic E-state index is -0.249. The lowest BCUT2D eigenvalue weighted by Gasteiger charge is -2.18. The monoisotopic (exact) mass is 320 g/mol. The van der Waals surface area contributed by atoms with Gasteiger partial charge < -0.3 is 10.5 Å². The molecule has 2 N–H and O–H groups in total. The first-order valence-electron chi connectivity index (χ1n) is 7.86. The zero-order valence-corrected chi connectivity index (χ0v) is 14.0. The molecule has 0 saturated carbocycles. The molecule has 4 nitrogen and oxygen atoms in total. The molecule has 0 saturated heterocycles. The number of nitrogens with zero attached hydrogens (tertiary/aromatic N) is 1. The van der Waals surface area contributed by atoms with Gasteiger partial charge in [-0.05, 0) is 20.8 Å². The van der Waals surface area contributed by atoms with Crippen LogP contribution in [-0.4, -0.2) is 22.1 Å². The Balaban J connectivity index is 2.19. The van der Waals surface area contributed by atoms with Crippen LogP contribution in [0.2, 0.25) is 0 Å². The molecule has 1 aliphatic carbocycles. The van der Waals surface area contributed by atoms with Gasteiger partial charge in [0.05, 0.1) is 5.57 Å². The molecule has 0 radical (unpaired) electrons. The number of hydrazone groups is 1. The van der Waals surface area contributed by atoms with E-state index in [2.05, 4.69) is 10.5 Å². The van der Waals surface area contributed by atoms with Gasteiger partial charge in [-0.3, -0.25) is 4.79 Å². The Bertz CT molecular complexity index is 843. The Morgan fingerprint density at radius 1 is 0.958 bits per heavy atom. The number of ketones is 1. The standard InChI is InChI=1S/C20H20N2O2/c1-20(2,3)22-21-17-14-11-7-8-12-15(14)19(24)16(17)18(23)13-9-5-4-6-10-13/h4-12,22-23H,1-3H3/b18-16+,21-17-. The van der Waals surface area contributed by atoms with Gasteiger partial charge >= 0.3 is 0 Å². The lowest BCUT2D eigenvalue weighted by Crippen LogP contribution is -2.32. The fourth-order valence-corrected chi connectivity index (χ4v) is 2.56. The highest BCUT2D eigenvalue weighted by atomic mass is 16.3. The van der Waals surface area contributed by atoms with Crippen LogP contribution in [0.1, 0.15) is 42.3 Å². The van der Waals surface area contributed by atoms with Gasteiger partial charge in [0.1, 0.15) is 11.5 Å². The molecular weight excluding hydrogens is 300 g/mol. The molecule has 0 spiro atoms. The molecule has 24 heavy (non-hydrogen) atoms. The first kappa shape index (κ1) is 16.0. The number of hydrogen-bond acceptors (Lipinski definition) is 4. The molecule has 2 aromatic rings. The summed E-state index contributed by atoms with van der Waals surface area (Å²) in [5, 5.41) is 15.2. The van der Waals surface area contributed by atoms with Crippen molar-refractivity contribution < 1.29 is 9.90 Å². The predicted octanol–water partition coefficient (Wildman–Crippen LogP) is 3.94. The lowest BCUT2D eigenvalue weighted by atomic mass is 10.0. The van der Waals surface area contributed by atoms with Crippen molar-refractivity contribution in [1.29, 1.82) is 0 Å². The third kappa shape index (κ3) is 2.95. The maximum absolute atomic E-state index is 12.8. The zero-order valence-electron chi connectivity index (χ0n) is 14.0. The molecule has 0 aromatic heterocycles. The van der Waals surface area contributed by atoms with Crippen molar-refractivity contribution in [2.24, 2.45) is 5.10 Å². The van der Waals surface area contributed by atoms with Crippen LogP contribution in [-0.2, 0) is 0 Å². The Morgan fingerprint density at radius 2 is 1.54 bits per heavy atom. The minimum absolute atomic E-state index is 0.0498. The second kappa shape index (κ2) is 5.96. The molecular formula is C20H20N2O2. The highest BCUT2D eigenvalue weighted by Crippen LogP contribution is 2.31. The van der Waals surface area contributed by atoms with Gasteiger partial charge in [0.25, 0.3) is 0 Å². The maximum Gasteiger partial charge on any atom is 0.199 e. The summed E-state index contributed by atoms with van der Waals surface area (Å²) in [6, 6.07) is 16.3. The first-order chi connectivity index (χ1) is 11.4. The fraction of sp³-hybridized carbons (Fsp3) is 0.200. The number of fused-ring (bicyclic) bond motifs is 1. The van der Waals surface area contributed by atoms with Crippen LogP contribution >= 0.6 is 0 Å². The van der Waals surface area contributed by atoms with Crippen LogP contribution in [0.15, 0.2) is 65.3 Å². The largest absolute Gasteiger partial charge is 0.506 e. The number of carbonyl (C=O) groups excluding carboxylic acids is 1. The van der Waals surface area contributed by atoms with Crippen LogP contribution in [0.4, 0.5) is 0 Å². The number of carbonyl (C=O) groups is 1. The van der Waals surface area contributed by atoms with E-state index in [1.165, 1.54) is 0 Å². The van der Waals surface area contributed by atoms with E-state index in [4.69, 9.17) is 0 Å². The molecule has 0 unspecified atom stereocenters. The Hall–Kier alpha value is -2.88. The second-order valence-electron chi connectivity index (χ2n) is 6.79. The molecule has 1 aliphatic rings. The zero-order chi connectivity index (χ0) is 17.3. The minimum Gasteiger partial charge on any atom is -0.506 e. The smallest absolute Gasteiger partial charge is 0.199 e. The number of Topliss-reactive ketones (excluding diaryl/α,β-unsaturated/α-hetero) is 1. The van der Waals surface area contributed by atoms with Gasteiger partial charge in [-0.2, -0.15) is 5.10 Å². The Kier molecular flexibility index (Phi) is 3.97. The lowest BCUT2D eigenvalue weighted by molar-refractivity contribution is 0.104. The van der Waals surface area contributed by atoms with E-state index in [1.807, 2.05) is 57.2 Å². The molecule has 0 heterocycles. The average Bonchev–Trinajstić information content (AvgIpc) is 2.85. The number of allylic oxidation sites excluding steroid dienone is 1. The number of hydrogen-bond donors (Lipinski definition) is 2. The third-order valence-corrected chi connectivity index (χ3v) is 3.68. The number of aliphatic hydroxyl groups is 1. The van der Waals surface area contributed by atoms with Crippen molar-refractivity contribution >= 4 is 17.3 Å². The van der Waals surface area contributed by atoms with Crippen molar-refractivity contribution in [3.8, 4) is 0 Å². The summed E-state index contributed by atoms with van der Waals surface area (Å²) in [5.74, 6) is -0.257. The van der Waals surface area contributed by atoms with Gasteiger partial charge in [-0.1, -0.05) is 54.6 Å². The van der Waals surface area contributed by atoms with Gasteiger partial charge in [0, 0.05) is 22.2 Å². The van der Waals surface area contributed by atoms with Crippen LogP contribution in [0.5, 0.6) is 0 Å². The highest BCUT2D eigenvalue weighted by molar-refractivity contribution is 6.43. The Labute approximate surface area is 141 Å². The third-order valence-electron chi connectivity index (χ3n) is 3.68. The summed E-state index contributed by atoms with van der Waals surface area (Å²) in [6.07, 6.45) is 0. The van der Waals surface area contributed by atoms with E-state index in [9.17, 15) is 9.90 Å². The van der Waals surface area contributed by atoms with E-state index < -0.39 is 0 Å². The molecule has 0 atom stereocenters. The van der Waals surface area contributed by atoms with Crippen LogP contribution in [0.25, 0.3) is 5.76 Å². The first-order valence-corrected chi connectivity index (χ1v) is 7.86. The number of nitrogens with one attached hydrogen (secondary N) is 1. The van der Waals surface area contributed by atoms with Crippen molar-refractivity contribution in [2.75, 3.05) is 0 Å². The van der Waals surface area contributed by atoms with Crippen LogP contribution in [0, 0.1) is 0 Å². The molecule has 3 rings (SSSR count). The topological polar surface area (TPSA) is 61.7 Å². The summed E-state index contributed by atoms with van der Waals surface area (Å²) in [6.45, 7) is 5.96. The summed E-state index contributed by atoms with van der Waals surface area (Å²) < 4.78 is 0. The van der Waals surface area contributed by atoms with Gasteiger partial charge in [0.15, 0.2) is 5.78 Å². The molecule has 2 aromatic carbocycles. The highest BCUT2D eigenvalue weighted by Gasteiger charge is 2.34. The van der Waals surface area contributed by atoms with Crippen LogP contribution < -0.4 is 5.43 Å². The summed E-state index contributed by atoms with van der Waals surface area (Å²) in [5.41, 5.74) is 5.40. The maximum atomic E-state index is 12.8. The van der Waals surface area contributed by atoms with Gasteiger partial charge in [-0.15, -0.1) is 0 Å². The summed E-state index contributed by atoms with van der Waals surface area (Å²) in [7, 11) is 0. The summed E-state index contributed by atoms with van der Waals surface area (Å²) >= 11 is 0. The van der Waals surface area contributed by atoms with Crippen molar-refractivity contribution in [1.82, 2.24) is 5.43 Å². The second-order valence-corrected chi connectivity index (χ2v) is 6.79. The normalized spacial score (nSPS) is 17.8. The Morgan fingerprint density at radius 3 is 2.17 bits per heavy atom. The molecule has 0 fully saturated rings. The molecule has 0 amide bonds. The molecule has 0 bridgehead atoms. The number of benzene rings is 2.